The monoisotopic (exact) mass is 420 g/mol. The zero-order valence-corrected chi connectivity index (χ0v) is 14.3. The molecule has 0 N–H and O–H groups in total. The van der Waals surface area contributed by atoms with E-state index in [1.807, 2.05) is 12.1 Å². The van der Waals surface area contributed by atoms with Gasteiger partial charge in [-0.3, -0.25) is 4.79 Å². The van der Waals surface area contributed by atoms with Gasteiger partial charge in [-0.15, -0.1) is 0 Å². The summed E-state index contributed by atoms with van der Waals surface area (Å²) in [6.45, 7) is 0. The van der Waals surface area contributed by atoms with Gasteiger partial charge in [0, 0.05) is 26.0 Å². The summed E-state index contributed by atoms with van der Waals surface area (Å²) in [6.07, 6.45) is 0.254. The fourth-order valence-electron chi connectivity index (χ4n) is 1.61. The van der Waals surface area contributed by atoms with Crippen molar-refractivity contribution in [1.29, 1.82) is 0 Å². The number of halogens is 4. The highest BCUT2D eigenvalue weighted by atomic mass is 79.9. The van der Waals surface area contributed by atoms with E-state index >= 15 is 0 Å². The van der Waals surface area contributed by atoms with Gasteiger partial charge in [-0.25, -0.2) is 0 Å². The fraction of sp³-hybridized carbons (Fsp3) is 0.0714. The number of carbonyl (C=O) groups is 1. The summed E-state index contributed by atoms with van der Waals surface area (Å²) < 4.78 is 1.66. The minimum Gasteiger partial charge on any atom is -0.294 e. The molecule has 0 aliphatic heterocycles. The Hall–Kier alpha value is -0.350. The van der Waals surface area contributed by atoms with E-state index in [1.54, 1.807) is 24.3 Å². The van der Waals surface area contributed by atoms with Gasteiger partial charge in [0.15, 0.2) is 5.78 Å². The van der Waals surface area contributed by atoms with Gasteiger partial charge in [-0.1, -0.05) is 51.3 Å². The van der Waals surface area contributed by atoms with Gasteiger partial charge in [-0.2, -0.15) is 0 Å². The maximum absolute atomic E-state index is 12.2. The molecular weight excluding hydrogens is 415 g/mol. The number of benzene rings is 2. The smallest absolute Gasteiger partial charge is 0.167 e. The molecule has 0 radical (unpaired) electrons. The number of carbonyl (C=O) groups excluding carboxylic acids is 1. The van der Waals surface area contributed by atoms with Gasteiger partial charge < -0.3 is 0 Å². The largest absolute Gasteiger partial charge is 0.294 e. The van der Waals surface area contributed by atoms with Crippen LogP contribution in [0.15, 0.2) is 45.3 Å². The molecule has 2 aromatic rings. The molecular formula is C14H8Br2Cl2O. The van der Waals surface area contributed by atoms with Crippen molar-refractivity contribution in [3.05, 3.63) is 66.5 Å². The lowest BCUT2D eigenvalue weighted by molar-refractivity contribution is 0.0993. The second-order valence-electron chi connectivity index (χ2n) is 3.96. The summed E-state index contributed by atoms with van der Waals surface area (Å²) in [5, 5.41) is 1.10. The molecule has 98 valence electrons. The molecule has 0 saturated heterocycles. The molecule has 0 bridgehead atoms. The Morgan fingerprint density at radius 3 is 2.37 bits per heavy atom. The van der Waals surface area contributed by atoms with Crippen LogP contribution >= 0.6 is 55.1 Å². The summed E-state index contributed by atoms with van der Waals surface area (Å²) in [5.74, 6) is -0.0152. The summed E-state index contributed by atoms with van der Waals surface area (Å²) >= 11 is 18.7. The second-order valence-corrected chi connectivity index (χ2v) is 6.55. The molecule has 0 aromatic heterocycles. The first kappa shape index (κ1) is 15.0. The lowest BCUT2D eigenvalue weighted by Crippen LogP contribution is -2.04. The fourth-order valence-corrected chi connectivity index (χ4v) is 2.78. The molecule has 0 aliphatic carbocycles. The summed E-state index contributed by atoms with van der Waals surface area (Å²) in [7, 11) is 0. The van der Waals surface area contributed by atoms with E-state index in [-0.39, 0.29) is 12.2 Å². The molecule has 0 unspecified atom stereocenters. The van der Waals surface area contributed by atoms with Crippen molar-refractivity contribution in [2.24, 2.45) is 0 Å². The van der Waals surface area contributed by atoms with Crippen LogP contribution in [0.2, 0.25) is 10.0 Å². The third-order valence-electron chi connectivity index (χ3n) is 2.61. The first-order valence-electron chi connectivity index (χ1n) is 5.39. The van der Waals surface area contributed by atoms with E-state index < -0.39 is 0 Å². The van der Waals surface area contributed by atoms with Crippen LogP contribution in [0.1, 0.15) is 15.9 Å². The molecule has 0 heterocycles. The number of rotatable bonds is 3. The standard InChI is InChI=1S/C14H8Br2Cl2O/c15-10-3-1-8(12(17)7-10)6-14(19)9-2-4-11(16)13(18)5-9/h1-5,7H,6H2. The Kier molecular flexibility index (Phi) is 5.07. The SMILES string of the molecule is O=C(Cc1ccc(Br)cc1Cl)c1ccc(Br)c(Cl)c1. The minimum absolute atomic E-state index is 0.0152. The van der Waals surface area contributed by atoms with Crippen molar-refractivity contribution in [1.82, 2.24) is 0 Å². The summed E-state index contributed by atoms with van der Waals surface area (Å²) in [4.78, 5) is 12.2. The van der Waals surface area contributed by atoms with Gasteiger partial charge in [0.05, 0.1) is 5.02 Å². The molecule has 5 heteroatoms. The van der Waals surface area contributed by atoms with Crippen LogP contribution < -0.4 is 0 Å². The predicted octanol–water partition coefficient (Wildman–Crippen LogP) is 5.94. The number of hydrogen-bond donors (Lipinski definition) is 0. The molecule has 0 fully saturated rings. The van der Waals surface area contributed by atoms with Crippen LogP contribution in [0.4, 0.5) is 0 Å². The van der Waals surface area contributed by atoms with Gasteiger partial charge in [0.1, 0.15) is 0 Å². The number of Topliss-reactive ketones (excluding diaryl/α,β-unsaturated/α-hetero) is 1. The second kappa shape index (κ2) is 6.40. The Labute approximate surface area is 138 Å². The summed E-state index contributed by atoms with van der Waals surface area (Å²) in [6, 6.07) is 10.6. The Morgan fingerprint density at radius 1 is 1.00 bits per heavy atom. The minimum atomic E-state index is -0.0152. The molecule has 0 amide bonds. The number of ketones is 1. The third-order valence-corrected chi connectivity index (χ3v) is 4.69. The normalized spacial score (nSPS) is 10.5. The van der Waals surface area contributed by atoms with Crippen molar-refractivity contribution >= 4 is 60.8 Å². The van der Waals surface area contributed by atoms with Crippen molar-refractivity contribution < 1.29 is 4.79 Å². The van der Waals surface area contributed by atoms with Crippen molar-refractivity contribution in [3.63, 3.8) is 0 Å². The van der Waals surface area contributed by atoms with E-state index in [0.717, 1.165) is 14.5 Å². The van der Waals surface area contributed by atoms with E-state index in [1.165, 1.54) is 0 Å². The first-order valence-corrected chi connectivity index (χ1v) is 7.74. The Balaban J connectivity index is 2.23. The van der Waals surface area contributed by atoms with Gasteiger partial charge in [0.2, 0.25) is 0 Å². The predicted molar refractivity (Wildman–Crippen MR) is 86.3 cm³/mol. The molecule has 1 nitrogen and oxygen atoms in total. The highest BCUT2D eigenvalue weighted by Gasteiger charge is 2.11. The maximum atomic E-state index is 12.2. The van der Waals surface area contributed by atoms with Crippen LogP contribution in [-0.4, -0.2) is 5.78 Å². The molecule has 0 spiro atoms. The topological polar surface area (TPSA) is 17.1 Å². The first-order chi connectivity index (χ1) is 8.97. The van der Waals surface area contributed by atoms with Gasteiger partial charge in [-0.05, 0) is 45.8 Å². The van der Waals surface area contributed by atoms with E-state index in [0.29, 0.717) is 15.6 Å². The highest BCUT2D eigenvalue weighted by Crippen LogP contribution is 2.26. The van der Waals surface area contributed by atoms with Crippen molar-refractivity contribution in [2.75, 3.05) is 0 Å². The molecule has 2 rings (SSSR count). The Morgan fingerprint density at radius 2 is 1.74 bits per heavy atom. The average molecular weight is 423 g/mol. The van der Waals surface area contributed by atoms with E-state index in [2.05, 4.69) is 31.9 Å². The third kappa shape index (κ3) is 3.82. The van der Waals surface area contributed by atoms with Gasteiger partial charge in [0.25, 0.3) is 0 Å². The molecule has 2 aromatic carbocycles. The lowest BCUT2D eigenvalue weighted by atomic mass is 10.0. The molecule has 0 atom stereocenters. The molecule has 0 saturated carbocycles. The zero-order chi connectivity index (χ0) is 14.0. The zero-order valence-electron chi connectivity index (χ0n) is 9.59. The van der Waals surface area contributed by atoms with Crippen LogP contribution in [0.5, 0.6) is 0 Å². The average Bonchev–Trinajstić information content (AvgIpc) is 2.36. The van der Waals surface area contributed by atoms with Crippen molar-refractivity contribution in [2.45, 2.75) is 6.42 Å². The highest BCUT2D eigenvalue weighted by molar-refractivity contribution is 9.10. The van der Waals surface area contributed by atoms with Crippen LogP contribution in [0.25, 0.3) is 0 Å². The molecule has 0 aliphatic rings. The van der Waals surface area contributed by atoms with Gasteiger partial charge >= 0.3 is 0 Å². The van der Waals surface area contributed by atoms with Crippen LogP contribution in [0, 0.1) is 0 Å². The van der Waals surface area contributed by atoms with Crippen LogP contribution in [0.3, 0.4) is 0 Å². The van der Waals surface area contributed by atoms with E-state index in [4.69, 9.17) is 23.2 Å². The quantitative estimate of drug-likeness (QED) is 0.559. The lowest BCUT2D eigenvalue weighted by Gasteiger charge is -2.05. The van der Waals surface area contributed by atoms with Crippen molar-refractivity contribution in [3.8, 4) is 0 Å². The van der Waals surface area contributed by atoms with E-state index in [9.17, 15) is 4.79 Å². The number of hydrogen-bond acceptors (Lipinski definition) is 1. The Bertz CT molecular complexity index is 641. The van der Waals surface area contributed by atoms with Crippen LogP contribution in [-0.2, 0) is 6.42 Å². The molecule has 19 heavy (non-hydrogen) atoms. The summed E-state index contributed by atoms with van der Waals surface area (Å²) in [5.41, 5.74) is 1.38. The maximum Gasteiger partial charge on any atom is 0.167 e.